The molecule has 1 saturated carbocycles. The summed E-state index contributed by atoms with van der Waals surface area (Å²) in [5.74, 6) is -2.01. The molecule has 0 aromatic rings. The minimum Gasteiger partial charge on any atom is -0.458 e. The quantitative estimate of drug-likeness (QED) is 0.0877. The number of cyclic esters (lactones) is 1. The average molecular weight is 905 g/mol. The van der Waals surface area contributed by atoms with Gasteiger partial charge in [-0.2, -0.15) is 0 Å². The number of Topliss-reactive ketones (excluding diaryl/α,β-unsaturated/α-hetero) is 1. The first-order valence-corrected chi connectivity index (χ1v) is 23.8. The monoisotopic (exact) mass is 905 g/mol. The van der Waals surface area contributed by atoms with Crippen molar-refractivity contribution in [1.82, 2.24) is 0 Å². The number of carbonyl (C=O) groups is 3. The minimum absolute atomic E-state index is 0.0268. The Balaban J connectivity index is 1.22. The molecule has 0 aromatic carbocycles. The summed E-state index contributed by atoms with van der Waals surface area (Å²) < 4.78 is 61.6. The Morgan fingerprint density at radius 3 is 2.39 bits per heavy atom. The number of esters is 1. The number of allylic oxidation sites excluding steroid dienone is 4. The highest BCUT2D eigenvalue weighted by atomic mass is 16.7. The molecule has 4 fully saturated rings. The van der Waals surface area contributed by atoms with E-state index in [1.807, 2.05) is 47.0 Å². The Bertz CT molecular complexity index is 1680. The van der Waals surface area contributed by atoms with Crippen LogP contribution in [0.5, 0.6) is 0 Å². The Kier molecular flexibility index (Phi) is 17.4. The van der Waals surface area contributed by atoms with E-state index in [4.69, 9.17) is 47.4 Å². The number of aliphatic hydroxyl groups is 1. The van der Waals surface area contributed by atoms with Crippen LogP contribution in [-0.4, -0.2) is 149 Å². The van der Waals surface area contributed by atoms with Gasteiger partial charge in [0.15, 0.2) is 18.4 Å². The van der Waals surface area contributed by atoms with E-state index >= 15 is 4.79 Å². The molecule has 0 aromatic heterocycles. The zero-order chi connectivity index (χ0) is 46.5. The molecule has 362 valence electrons. The van der Waals surface area contributed by atoms with Gasteiger partial charge in [0.1, 0.15) is 24.4 Å². The van der Waals surface area contributed by atoms with E-state index in [-0.39, 0.29) is 85.8 Å². The van der Waals surface area contributed by atoms with Gasteiger partial charge in [0.05, 0.1) is 69.2 Å². The predicted octanol–water partition coefficient (Wildman–Crippen LogP) is 6.44. The van der Waals surface area contributed by atoms with Crippen LogP contribution in [0.1, 0.15) is 99.3 Å². The van der Waals surface area contributed by atoms with E-state index < -0.39 is 60.4 Å². The van der Waals surface area contributed by atoms with E-state index in [0.29, 0.717) is 48.6 Å². The number of hydrogen-bond donors (Lipinski definition) is 1. The second kappa shape index (κ2) is 21.9. The number of quaternary nitrogens is 1. The van der Waals surface area contributed by atoms with Crippen molar-refractivity contribution in [2.45, 2.75) is 172 Å². The topological polar surface area (TPSA) is 164 Å². The third kappa shape index (κ3) is 11.2. The molecule has 9 unspecified atom stereocenters. The van der Waals surface area contributed by atoms with Gasteiger partial charge in [-0.25, -0.2) is 4.79 Å². The lowest BCUT2D eigenvalue weighted by Gasteiger charge is -2.44. The molecule has 15 nitrogen and oxygen atoms in total. The van der Waals surface area contributed by atoms with Crippen LogP contribution in [0.15, 0.2) is 36.0 Å². The fourth-order valence-corrected chi connectivity index (χ4v) is 11.7. The third-order valence-electron chi connectivity index (χ3n) is 15.0. The Labute approximate surface area is 381 Å². The van der Waals surface area contributed by atoms with Gasteiger partial charge in [0.25, 0.3) is 0 Å². The zero-order valence-electron chi connectivity index (χ0n) is 40.2. The molecule has 0 radical (unpaired) electrons. The summed E-state index contributed by atoms with van der Waals surface area (Å²) in [6.45, 7) is 11.4. The van der Waals surface area contributed by atoms with Crippen molar-refractivity contribution in [1.29, 1.82) is 0 Å². The summed E-state index contributed by atoms with van der Waals surface area (Å²) in [7, 11) is 8.96. The summed E-state index contributed by atoms with van der Waals surface area (Å²) >= 11 is 0. The van der Waals surface area contributed by atoms with Gasteiger partial charge < -0.3 is 52.5 Å². The predicted molar refractivity (Wildman–Crippen MR) is 235 cm³/mol. The number of likely N-dealkylation sites (N-methyl/N-ethyl adjacent to an activating group) is 1. The van der Waals surface area contributed by atoms with Crippen molar-refractivity contribution >= 4 is 17.9 Å². The lowest BCUT2D eigenvalue weighted by molar-refractivity contribution is -0.936. The van der Waals surface area contributed by atoms with Crippen LogP contribution < -0.4 is 0 Å². The van der Waals surface area contributed by atoms with Crippen LogP contribution in [0.3, 0.4) is 0 Å². The Morgan fingerprint density at radius 2 is 1.73 bits per heavy atom. The number of hydrogen-bond acceptors (Lipinski definition) is 14. The van der Waals surface area contributed by atoms with Gasteiger partial charge in [0.2, 0.25) is 6.73 Å². The van der Waals surface area contributed by atoms with Gasteiger partial charge >= 0.3 is 12.1 Å². The molecule has 0 amide bonds. The van der Waals surface area contributed by atoms with Gasteiger partial charge in [-0.15, -0.1) is 0 Å². The normalized spacial score (nSPS) is 40.8. The van der Waals surface area contributed by atoms with E-state index in [2.05, 4.69) is 25.2 Å². The molecule has 17 atom stereocenters. The van der Waals surface area contributed by atoms with Crippen molar-refractivity contribution in [3.63, 3.8) is 0 Å². The van der Waals surface area contributed by atoms with Gasteiger partial charge in [-0.05, 0) is 83.3 Å². The largest absolute Gasteiger partial charge is 0.512 e. The lowest BCUT2D eigenvalue weighted by Crippen LogP contribution is -2.58. The van der Waals surface area contributed by atoms with E-state index in [9.17, 15) is 14.7 Å². The highest BCUT2D eigenvalue weighted by molar-refractivity contribution is 5.99. The molecule has 0 spiro atoms. The summed E-state index contributed by atoms with van der Waals surface area (Å²) in [6.07, 6.45) is 11.0. The Hall–Kier alpha value is -2.73. The number of carbonyl (C=O) groups excluding carboxylic acids is 3. The second-order valence-electron chi connectivity index (χ2n) is 19.9. The van der Waals surface area contributed by atoms with Crippen molar-refractivity contribution in [3.05, 3.63) is 36.0 Å². The molecule has 3 aliphatic heterocycles. The fraction of sp³-hybridized carbons (Fsp3) is 0.816. The maximum absolute atomic E-state index is 15.0. The molecular formula is C49H78NO14+. The lowest BCUT2D eigenvalue weighted by atomic mass is 9.68. The smallest absolute Gasteiger partial charge is 0.458 e. The van der Waals surface area contributed by atoms with Crippen molar-refractivity contribution in [2.75, 3.05) is 48.8 Å². The minimum atomic E-state index is -0.724. The SMILES string of the molecule is CC/C=C/[C@H]1CCC[C@H](OC2CCC([N+](C)(C)COC(=O)OC(C)C)C(C)O2)[C@@H](C)C(=O)C2=C[C@@H]3[C@@H](C=CC4(OC)C[C@@H](OC5OC(C)C(OC)C(OC)C5CO)C[C@@H]34)[C@@H]2CC(=O)O1. The Morgan fingerprint density at radius 1 is 0.984 bits per heavy atom. The third-order valence-corrected chi connectivity index (χ3v) is 15.0. The zero-order valence-corrected chi connectivity index (χ0v) is 40.2. The van der Waals surface area contributed by atoms with Crippen LogP contribution >= 0.6 is 0 Å². The van der Waals surface area contributed by atoms with Crippen LogP contribution in [0.4, 0.5) is 4.79 Å². The standard InChI is InChI=1S/C49H78NO14/c1-12-13-15-32-16-14-17-41(64-43-19-18-40(30(5)60-43)50(7,8)27-58-48(54)59-28(2)3)29(4)44(53)37-23-36-34(35(37)24-42(52)62-32)20-21-49(57-11)25-33(22-39(36)49)63-47-38(26-51)46(56-10)45(55-9)31(6)61-47/h13,15,20-21,23,28-36,38-41,43,45-47,51H,12,14,16-19,22,24-27H2,1-11H3/q+1/b15-13+/t29-,30?,31?,32+,33+,34+,35+,36-,38?,39+,40?,41+,43?,45?,46?,47?,49?/m1/s1. The number of fused-ring (bicyclic) bond motifs is 5. The van der Waals surface area contributed by atoms with E-state index in [0.717, 1.165) is 12.8 Å². The molecule has 64 heavy (non-hydrogen) atoms. The average Bonchev–Trinajstić information content (AvgIpc) is 3.81. The molecule has 0 bridgehead atoms. The van der Waals surface area contributed by atoms with E-state index in [1.165, 1.54) is 0 Å². The highest BCUT2D eigenvalue weighted by Crippen LogP contribution is 2.57. The molecule has 15 heteroatoms. The van der Waals surface area contributed by atoms with Gasteiger partial charge in [-0.1, -0.05) is 38.2 Å². The number of ketones is 1. The highest BCUT2D eigenvalue weighted by Gasteiger charge is 2.58. The molecule has 1 N–H and O–H groups in total. The number of rotatable bonds is 14. The van der Waals surface area contributed by atoms with Crippen LogP contribution in [0, 0.1) is 35.5 Å². The van der Waals surface area contributed by atoms with Crippen molar-refractivity contribution in [3.8, 4) is 0 Å². The molecule has 6 aliphatic rings. The maximum atomic E-state index is 15.0. The molecular weight excluding hydrogens is 827 g/mol. The molecule has 6 rings (SSSR count). The van der Waals surface area contributed by atoms with Gasteiger partial charge in [0, 0.05) is 58.3 Å². The maximum Gasteiger partial charge on any atom is 0.512 e. The molecule has 3 saturated heterocycles. The summed E-state index contributed by atoms with van der Waals surface area (Å²) in [5, 5.41) is 10.5. The number of methoxy groups -OCH3 is 3. The summed E-state index contributed by atoms with van der Waals surface area (Å²) in [5.41, 5.74) is -0.0298. The van der Waals surface area contributed by atoms with Crippen molar-refractivity contribution in [2.24, 2.45) is 35.5 Å². The number of aliphatic hydroxyl groups excluding tert-OH is 1. The van der Waals surface area contributed by atoms with Crippen molar-refractivity contribution < 1.29 is 71.3 Å². The first-order chi connectivity index (χ1) is 30.5. The fourth-order valence-electron chi connectivity index (χ4n) is 11.7. The molecule has 3 heterocycles. The number of ether oxygens (including phenoxy) is 10. The molecule has 3 aliphatic carbocycles. The van der Waals surface area contributed by atoms with E-state index in [1.54, 1.807) is 35.2 Å². The second-order valence-corrected chi connectivity index (χ2v) is 19.9. The first kappa shape index (κ1) is 50.7. The van der Waals surface area contributed by atoms with Crippen LogP contribution in [0.2, 0.25) is 0 Å². The summed E-state index contributed by atoms with van der Waals surface area (Å²) in [4.78, 5) is 41.1. The first-order valence-electron chi connectivity index (χ1n) is 23.8. The number of nitrogens with zero attached hydrogens (tertiary/aromatic N) is 1. The van der Waals surface area contributed by atoms with Crippen LogP contribution in [-0.2, 0) is 57.0 Å². The summed E-state index contributed by atoms with van der Waals surface area (Å²) in [6, 6.07) is 0.0311. The van der Waals surface area contributed by atoms with Crippen LogP contribution in [0.25, 0.3) is 0 Å². The van der Waals surface area contributed by atoms with Gasteiger partial charge in [-0.3, -0.25) is 14.1 Å².